The molecular weight excluding hydrogens is 400 g/mol. The van der Waals surface area contributed by atoms with Crippen molar-refractivity contribution < 1.29 is 23.9 Å². The van der Waals surface area contributed by atoms with Crippen molar-refractivity contribution in [1.29, 1.82) is 0 Å². The number of carbonyl (C=O) groups is 4. The number of nitrogens with zero attached hydrogens (tertiary/aromatic N) is 2. The Balaban J connectivity index is 1.26. The van der Waals surface area contributed by atoms with Gasteiger partial charge in [-0.3, -0.25) is 19.3 Å². The van der Waals surface area contributed by atoms with E-state index in [4.69, 9.17) is 4.74 Å². The van der Waals surface area contributed by atoms with E-state index in [2.05, 4.69) is 10.6 Å². The summed E-state index contributed by atoms with van der Waals surface area (Å²) in [5.74, 6) is -0.322. The molecule has 0 unspecified atom stereocenters. The lowest BCUT2D eigenvalue weighted by Gasteiger charge is -2.20. The maximum atomic E-state index is 12.6. The van der Waals surface area contributed by atoms with E-state index in [0.29, 0.717) is 43.8 Å². The summed E-state index contributed by atoms with van der Waals surface area (Å²) in [7, 11) is 1.55. The smallest absolute Gasteiger partial charge is 0.325 e. The van der Waals surface area contributed by atoms with Gasteiger partial charge in [0.2, 0.25) is 11.8 Å². The van der Waals surface area contributed by atoms with Crippen LogP contribution in [-0.2, 0) is 14.4 Å². The van der Waals surface area contributed by atoms with E-state index in [-0.39, 0.29) is 36.7 Å². The molecule has 0 bridgehead atoms. The molecule has 0 aromatic heterocycles. The van der Waals surface area contributed by atoms with Crippen LogP contribution in [0, 0.1) is 5.92 Å². The average Bonchev–Trinajstić information content (AvgIpc) is 3.45. The Morgan fingerprint density at radius 3 is 2.71 bits per heavy atom. The Morgan fingerprint density at radius 1 is 1.23 bits per heavy atom. The summed E-state index contributed by atoms with van der Waals surface area (Å²) in [6.45, 7) is 0.895. The van der Waals surface area contributed by atoms with Crippen LogP contribution in [0.25, 0.3) is 0 Å². The summed E-state index contributed by atoms with van der Waals surface area (Å²) < 4.78 is 5.32. The molecule has 1 saturated carbocycles. The molecule has 2 aliphatic heterocycles. The first-order valence-electron chi connectivity index (χ1n) is 10.8. The van der Waals surface area contributed by atoms with Crippen molar-refractivity contribution >= 4 is 29.4 Å². The van der Waals surface area contributed by atoms with E-state index in [0.717, 1.165) is 12.8 Å². The summed E-state index contributed by atoms with van der Waals surface area (Å²) in [6, 6.07) is 6.89. The lowest BCUT2D eigenvalue weighted by Crippen LogP contribution is -2.44. The Morgan fingerprint density at radius 2 is 1.97 bits per heavy atom. The van der Waals surface area contributed by atoms with Crippen LogP contribution in [0.3, 0.4) is 0 Å². The minimum Gasteiger partial charge on any atom is -0.495 e. The molecular formula is C22H28N4O5. The number of ether oxygens (including phenoxy) is 1. The number of rotatable bonds is 7. The number of urea groups is 1. The van der Waals surface area contributed by atoms with Crippen molar-refractivity contribution in [2.75, 3.05) is 31.6 Å². The third-order valence-corrected chi connectivity index (χ3v) is 6.43. The third-order valence-electron chi connectivity index (χ3n) is 6.43. The fraction of sp³-hybridized carbons (Fsp3) is 0.545. The zero-order chi connectivity index (χ0) is 22.0. The number of carbonyl (C=O) groups excluding carboxylic acids is 4. The summed E-state index contributed by atoms with van der Waals surface area (Å²) >= 11 is 0. The van der Waals surface area contributed by atoms with Crippen molar-refractivity contribution in [1.82, 2.24) is 15.5 Å². The fourth-order valence-corrected chi connectivity index (χ4v) is 4.76. The Hall–Kier alpha value is -3.10. The number of benzene rings is 1. The highest BCUT2D eigenvalue weighted by molar-refractivity contribution is 6.07. The predicted molar refractivity (Wildman–Crippen MR) is 113 cm³/mol. The highest BCUT2D eigenvalue weighted by Gasteiger charge is 2.52. The number of imide groups is 1. The van der Waals surface area contributed by atoms with Gasteiger partial charge in [0.25, 0.3) is 5.91 Å². The summed E-state index contributed by atoms with van der Waals surface area (Å²) in [6.07, 6.45) is 3.90. The predicted octanol–water partition coefficient (Wildman–Crippen LogP) is 1.42. The fourth-order valence-electron chi connectivity index (χ4n) is 4.76. The molecule has 1 aromatic carbocycles. The molecule has 1 aliphatic carbocycles. The van der Waals surface area contributed by atoms with Crippen LogP contribution in [0.4, 0.5) is 10.5 Å². The van der Waals surface area contributed by atoms with Gasteiger partial charge in [0.1, 0.15) is 11.3 Å². The Labute approximate surface area is 181 Å². The van der Waals surface area contributed by atoms with Crippen molar-refractivity contribution in [2.24, 2.45) is 5.92 Å². The van der Waals surface area contributed by atoms with Gasteiger partial charge in [-0.1, -0.05) is 25.0 Å². The maximum absolute atomic E-state index is 12.6. The zero-order valence-corrected chi connectivity index (χ0v) is 17.7. The zero-order valence-electron chi connectivity index (χ0n) is 17.7. The lowest BCUT2D eigenvalue weighted by atomic mass is 9.98. The second-order valence-corrected chi connectivity index (χ2v) is 8.40. The number of anilines is 1. The summed E-state index contributed by atoms with van der Waals surface area (Å²) in [5.41, 5.74) is -0.0448. The standard InChI is InChI=1S/C22H28N4O5/c1-31-17-8-3-2-7-16(17)26-14-15(13-18(26)27)19(28)23-11-6-12-25-20(29)22(24-21(25)30)9-4-5-10-22/h2-3,7-8,15H,4-6,9-14H2,1H3,(H,23,28)(H,24,30)/t15-/m0/s1. The van der Waals surface area contributed by atoms with E-state index in [1.54, 1.807) is 24.1 Å². The molecule has 4 rings (SSSR count). The number of amides is 5. The van der Waals surface area contributed by atoms with Gasteiger partial charge in [-0.15, -0.1) is 0 Å². The molecule has 166 valence electrons. The molecule has 31 heavy (non-hydrogen) atoms. The Kier molecular flexibility index (Phi) is 5.84. The van der Waals surface area contributed by atoms with E-state index in [1.807, 2.05) is 12.1 Å². The van der Waals surface area contributed by atoms with Gasteiger partial charge < -0.3 is 20.3 Å². The number of hydrogen-bond donors (Lipinski definition) is 2. The largest absolute Gasteiger partial charge is 0.495 e. The van der Waals surface area contributed by atoms with E-state index in [1.165, 1.54) is 4.90 Å². The van der Waals surface area contributed by atoms with Crippen LogP contribution in [0.5, 0.6) is 5.75 Å². The lowest BCUT2D eigenvalue weighted by molar-refractivity contribution is -0.131. The maximum Gasteiger partial charge on any atom is 0.325 e. The highest BCUT2D eigenvalue weighted by atomic mass is 16.5. The quantitative estimate of drug-likeness (QED) is 0.504. The van der Waals surface area contributed by atoms with Gasteiger partial charge in [0.15, 0.2) is 0 Å². The van der Waals surface area contributed by atoms with Crippen molar-refractivity contribution in [3.05, 3.63) is 24.3 Å². The van der Waals surface area contributed by atoms with E-state index < -0.39 is 11.5 Å². The summed E-state index contributed by atoms with van der Waals surface area (Å²) in [4.78, 5) is 52.7. The second-order valence-electron chi connectivity index (χ2n) is 8.40. The van der Waals surface area contributed by atoms with Crippen molar-refractivity contribution in [3.8, 4) is 5.75 Å². The molecule has 1 aromatic rings. The highest BCUT2D eigenvalue weighted by Crippen LogP contribution is 2.35. The number of nitrogens with one attached hydrogen (secondary N) is 2. The normalized spacial score (nSPS) is 22.4. The molecule has 3 aliphatic rings. The SMILES string of the molecule is COc1ccccc1N1C[C@@H](C(=O)NCCCN2C(=O)NC3(CCCC3)C2=O)CC1=O. The van der Waals surface area contributed by atoms with Gasteiger partial charge in [-0.2, -0.15) is 0 Å². The van der Waals surface area contributed by atoms with Gasteiger partial charge >= 0.3 is 6.03 Å². The van der Waals surface area contributed by atoms with Crippen LogP contribution < -0.4 is 20.3 Å². The molecule has 0 radical (unpaired) electrons. The van der Waals surface area contributed by atoms with E-state index in [9.17, 15) is 19.2 Å². The van der Waals surface area contributed by atoms with Crippen LogP contribution in [0.2, 0.25) is 0 Å². The molecule has 2 saturated heterocycles. The molecule has 9 heteroatoms. The first-order valence-corrected chi connectivity index (χ1v) is 10.8. The van der Waals surface area contributed by atoms with Crippen LogP contribution >= 0.6 is 0 Å². The van der Waals surface area contributed by atoms with Gasteiger partial charge in [-0.25, -0.2) is 4.79 Å². The monoisotopic (exact) mass is 428 g/mol. The van der Waals surface area contributed by atoms with Gasteiger partial charge in [0.05, 0.1) is 18.7 Å². The average molecular weight is 428 g/mol. The van der Waals surface area contributed by atoms with Gasteiger partial charge in [-0.05, 0) is 31.4 Å². The third kappa shape index (κ3) is 3.96. The first kappa shape index (κ1) is 21.1. The van der Waals surface area contributed by atoms with Crippen LogP contribution in [0.15, 0.2) is 24.3 Å². The Bertz CT molecular complexity index is 896. The number of methoxy groups -OCH3 is 1. The molecule has 1 atom stereocenters. The first-order chi connectivity index (χ1) is 14.9. The molecule has 2 heterocycles. The number of hydrogen-bond acceptors (Lipinski definition) is 5. The van der Waals surface area contributed by atoms with Crippen molar-refractivity contribution in [3.63, 3.8) is 0 Å². The molecule has 5 amide bonds. The van der Waals surface area contributed by atoms with Crippen LogP contribution in [0.1, 0.15) is 38.5 Å². The molecule has 9 nitrogen and oxygen atoms in total. The number of para-hydroxylation sites is 2. The van der Waals surface area contributed by atoms with Gasteiger partial charge in [0, 0.05) is 26.1 Å². The second kappa shape index (κ2) is 8.56. The van der Waals surface area contributed by atoms with E-state index >= 15 is 0 Å². The summed E-state index contributed by atoms with van der Waals surface area (Å²) in [5, 5.41) is 5.70. The molecule has 1 spiro atoms. The molecule has 2 N–H and O–H groups in total. The molecule has 3 fully saturated rings. The van der Waals surface area contributed by atoms with Crippen LogP contribution in [-0.4, -0.2) is 60.9 Å². The topological polar surface area (TPSA) is 108 Å². The van der Waals surface area contributed by atoms with Crippen molar-refractivity contribution in [2.45, 2.75) is 44.1 Å². The minimum atomic E-state index is -0.702. The minimum absolute atomic E-state index is 0.120.